The minimum atomic E-state index is 0.289. The van der Waals surface area contributed by atoms with Gasteiger partial charge in [-0.15, -0.1) is 0 Å². The predicted octanol–water partition coefficient (Wildman–Crippen LogP) is 2.66. The first-order chi connectivity index (χ1) is 7.09. The van der Waals surface area contributed by atoms with Gasteiger partial charge in [0.05, 0.1) is 5.52 Å². The van der Waals surface area contributed by atoms with E-state index in [0.717, 1.165) is 22.3 Å². The third-order valence-electron chi connectivity index (χ3n) is 2.31. The summed E-state index contributed by atoms with van der Waals surface area (Å²) in [7, 11) is 3.90. The van der Waals surface area contributed by atoms with Gasteiger partial charge in [-0.3, -0.25) is 0 Å². The molecule has 1 heterocycles. The van der Waals surface area contributed by atoms with Crippen LogP contribution in [0.3, 0.4) is 0 Å². The standard InChI is InChI=1S/C11H12ClN3/c1-7-5-4-6-8-9(7)10(15(2)3)14-11(12)13-8/h4-6H,1-3H3. The fourth-order valence-corrected chi connectivity index (χ4v) is 1.80. The second-order valence-corrected chi connectivity index (χ2v) is 4.02. The molecule has 0 atom stereocenters. The van der Waals surface area contributed by atoms with Crippen LogP contribution < -0.4 is 4.90 Å². The van der Waals surface area contributed by atoms with Crippen LogP contribution in [-0.4, -0.2) is 24.1 Å². The van der Waals surface area contributed by atoms with Crippen LogP contribution >= 0.6 is 11.6 Å². The quantitative estimate of drug-likeness (QED) is 0.694. The van der Waals surface area contributed by atoms with Gasteiger partial charge in [-0.25, -0.2) is 4.98 Å². The van der Waals surface area contributed by atoms with Crippen LogP contribution in [0.15, 0.2) is 18.2 Å². The molecule has 0 aliphatic carbocycles. The lowest BCUT2D eigenvalue weighted by atomic mass is 10.1. The van der Waals surface area contributed by atoms with Crippen molar-refractivity contribution >= 4 is 28.3 Å². The fourth-order valence-electron chi connectivity index (χ4n) is 1.63. The van der Waals surface area contributed by atoms with E-state index in [1.165, 1.54) is 0 Å². The molecule has 0 aliphatic rings. The van der Waals surface area contributed by atoms with Gasteiger partial charge in [0.2, 0.25) is 5.28 Å². The van der Waals surface area contributed by atoms with Crippen LogP contribution in [-0.2, 0) is 0 Å². The van der Waals surface area contributed by atoms with Crippen molar-refractivity contribution in [2.24, 2.45) is 0 Å². The Kier molecular flexibility index (Phi) is 2.49. The number of benzene rings is 1. The SMILES string of the molecule is Cc1cccc2nc(Cl)nc(N(C)C)c12. The summed E-state index contributed by atoms with van der Waals surface area (Å²) in [4.78, 5) is 10.4. The number of aromatic nitrogens is 2. The molecule has 0 N–H and O–H groups in total. The van der Waals surface area contributed by atoms with E-state index in [-0.39, 0.29) is 5.28 Å². The van der Waals surface area contributed by atoms with Crippen molar-refractivity contribution in [1.82, 2.24) is 9.97 Å². The molecular weight excluding hydrogens is 210 g/mol. The molecule has 4 heteroatoms. The first-order valence-corrected chi connectivity index (χ1v) is 5.07. The maximum Gasteiger partial charge on any atom is 0.224 e. The van der Waals surface area contributed by atoms with Gasteiger partial charge in [0.1, 0.15) is 5.82 Å². The van der Waals surface area contributed by atoms with Crippen LogP contribution in [0, 0.1) is 6.92 Å². The molecule has 0 unspecified atom stereocenters. The molecule has 3 nitrogen and oxygen atoms in total. The Balaban J connectivity index is 2.88. The summed E-state index contributed by atoms with van der Waals surface area (Å²) in [6.45, 7) is 2.05. The van der Waals surface area contributed by atoms with Crippen molar-refractivity contribution in [3.05, 3.63) is 29.0 Å². The maximum atomic E-state index is 5.87. The summed E-state index contributed by atoms with van der Waals surface area (Å²) in [5.74, 6) is 0.864. The summed E-state index contributed by atoms with van der Waals surface area (Å²) >= 11 is 5.87. The largest absolute Gasteiger partial charge is 0.362 e. The predicted molar refractivity (Wildman–Crippen MR) is 63.6 cm³/mol. The van der Waals surface area contributed by atoms with Gasteiger partial charge in [-0.05, 0) is 30.2 Å². The number of halogens is 1. The molecule has 2 aromatic rings. The normalized spacial score (nSPS) is 10.7. The lowest BCUT2D eigenvalue weighted by Crippen LogP contribution is -2.12. The summed E-state index contributed by atoms with van der Waals surface area (Å²) < 4.78 is 0. The Morgan fingerprint density at radius 2 is 1.93 bits per heavy atom. The first kappa shape index (κ1) is 10.2. The second-order valence-electron chi connectivity index (χ2n) is 3.68. The van der Waals surface area contributed by atoms with Crippen LogP contribution in [0.5, 0.6) is 0 Å². The Bertz CT molecular complexity index is 508. The Morgan fingerprint density at radius 1 is 1.20 bits per heavy atom. The van der Waals surface area contributed by atoms with E-state index in [2.05, 4.69) is 9.97 Å². The summed E-state index contributed by atoms with van der Waals surface area (Å²) in [5, 5.41) is 1.35. The molecule has 15 heavy (non-hydrogen) atoms. The van der Waals surface area contributed by atoms with Gasteiger partial charge in [-0.2, -0.15) is 4.98 Å². The summed E-state index contributed by atoms with van der Waals surface area (Å²) in [6.07, 6.45) is 0. The highest BCUT2D eigenvalue weighted by Gasteiger charge is 2.09. The average molecular weight is 222 g/mol. The number of hydrogen-bond donors (Lipinski definition) is 0. The van der Waals surface area contributed by atoms with Crippen molar-refractivity contribution in [1.29, 1.82) is 0 Å². The third kappa shape index (κ3) is 1.75. The van der Waals surface area contributed by atoms with Crippen LogP contribution in [0.4, 0.5) is 5.82 Å². The molecule has 0 amide bonds. The Morgan fingerprint density at radius 3 is 2.60 bits per heavy atom. The number of aryl methyl sites for hydroxylation is 1. The summed E-state index contributed by atoms with van der Waals surface area (Å²) in [6, 6.07) is 5.97. The molecule has 0 bridgehead atoms. The zero-order valence-corrected chi connectivity index (χ0v) is 9.71. The van der Waals surface area contributed by atoms with E-state index >= 15 is 0 Å². The number of anilines is 1. The average Bonchev–Trinajstić information content (AvgIpc) is 2.16. The van der Waals surface area contributed by atoms with Gasteiger partial charge in [-0.1, -0.05) is 12.1 Å². The number of nitrogens with zero attached hydrogens (tertiary/aromatic N) is 3. The zero-order valence-electron chi connectivity index (χ0n) is 8.95. The van der Waals surface area contributed by atoms with E-state index in [4.69, 9.17) is 11.6 Å². The van der Waals surface area contributed by atoms with Gasteiger partial charge in [0.15, 0.2) is 0 Å². The molecule has 0 aliphatic heterocycles. The van der Waals surface area contributed by atoms with Crippen LogP contribution in [0.2, 0.25) is 5.28 Å². The molecule has 78 valence electrons. The van der Waals surface area contributed by atoms with Gasteiger partial charge >= 0.3 is 0 Å². The second kappa shape index (κ2) is 3.66. The van der Waals surface area contributed by atoms with E-state index < -0.39 is 0 Å². The molecule has 0 saturated carbocycles. The molecular formula is C11H12ClN3. The minimum Gasteiger partial charge on any atom is -0.362 e. The molecule has 1 aromatic carbocycles. The first-order valence-electron chi connectivity index (χ1n) is 4.70. The molecule has 0 radical (unpaired) electrons. The monoisotopic (exact) mass is 221 g/mol. The van der Waals surface area contributed by atoms with Crippen molar-refractivity contribution in [2.75, 3.05) is 19.0 Å². The topological polar surface area (TPSA) is 29.0 Å². The van der Waals surface area contributed by atoms with E-state index in [1.807, 2.05) is 44.1 Å². The van der Waals surface area contributed by atoms with Crippen molar-refractivity contribution in [2.45, 2.75) is 6.92 Å². The Hall–Kier alpha value is -1.35. The van der Waals surface area contributed by atoms with Crippen molar-refractivity contribution < 1.29 is 0 Å². The Labute approximate surface area is 93.7 Å². The lowest BCUT2D eigenvalue weighted by molar-refractivity contribution is 1.06. The smallest absolute Gasteiger partial charge is 0.224 e. The number of rotatable bonds is 1. The summed E-state index contributed by atoms with van der Waals surface area (Å²) in [5.41, 5.74) is 2.05. The van der Waals surface area contributed by atoms with Crippen LogP contribution in [0.1, 0.15) is 5.56 Å². The minimum absolute atomic E-state index is 0.289. The fraction of sp³-hybridized carbons (Fsp3) is 0.273. The molecule has 2 rings (SSSR count). The molecule has 0 saturated heterocycles. The zero-order chi connectivity index (χ0) is 11.0. The molecule has 0 spiro atoms. The van der Waals surface area contributed by atoms with Gasteiger partial charge < -0.3 is 4.90 Å². The van der Waals surface area contributed by atoms with Gasteiger partial charge in [0, 0.05) is 19.5 Å². The highest BCUT2D eigenvalue weighted by molar-refractivity contribution is 6.28. The highest BCUT2D eigenvalue weighted by atomic mass is 35.5. The molecule has 1 aromatic heterocycles. The number of fused-ring (bicyclic) bond motifs is 1. The van der Waals surface area contributed by atoms with Crippen LogP contribution in [0.25, 0.3) is 10.9 Å². The van der Waals surface area contributed by atoms with Crippen molar-refractivity contribution in [3.8, 4) is 0 Å². The van der Waals surface area contributed by atoms with Crippen molar-refractivity contribution in [3.63, 3.8) is 0 Å². The van der Waals surface area contributed by atoms with E-state index in [0.29, 0.717) is 0 Å². The third-order valence-corrected chi connectivity index (χ3v) is 2.48. The maximum absolute atomic E-state index is 5.87. The highest BCUT2D eigenvalue weighted by Crippen LogP contribution is 2.26. The van der Waals surface area contributed by atoms with E-state index in [1.54, 1.807) is 0 Å². The van der Waals surface area contributed by atoms with Gasteiger partial charge in [0.25, 0.3) is 0 Å². The lowest BCUT2D eigenvalue weighted by Gasteiger charge is -2.15. The molecule has 0 fully saturated rings. The number of hydrogen-bond acceptors (Lipinski definition) is 3. The van der Waals surface area contributed by atoms with E-state index in [9.17, 15) is 0 Å².